The summed E-state index contributed by atoms with van der Waals surface area (Å²) in [6, 6.07) is 15.7. The van der Waals surface area contributed by atoms with Crippen LogP contribution in [0.1, 0.15) is 29.9 Å². The Morgan fingerprint density at radius 3 is 2.70 bits per heavy atom. The average Bonchev–Trinajstić information content (AvgIpc) is 2.73. The van der Waals surface area contributed by atoms with Crippen LogP contribution in [0, 0.1) is 0 Å². The molecule has 5 heteroatoms. The van der Waals surface area contributed by atoms with E-state index in [1.165, 1.54) is 11.1 Å². The molecular formula is C22H22N2O3. The van der Waals surface area contributed by atoms with Gasteiger partial charge >= 0.3 is 0 Å². The standard InChI is InChI=1S/C22H22N2O3/c1-27-17-7-8-20-18(13-17)19(14-21(25)23-20)22(26)24-11-9-16(10-12-24)15-5-3-2-4-6-15/h2-9,13,19H,10-12,14H2,1H3,(H,23,25)/t19-/m0/s1. The number of hydrogen-bond donors (Lipinski definition) is 1. The first kappa shape index (κ1) is 17.3. The van der Waals surface area contributed by atoms with Crippen molar-refractivity contribution in [2.75, 3.05) is 25.5 Å². The molecule has 0 unspecified atom stereocenters. The highest BCUT2D eigenvalue weighted by Crippen LogP contribution is 2.36. The van der Waals surface area contributed by atoms with Crippen LogP contribution in [0.2, 0.25) is 0 Å². The van der Waals surface area contributed by atoms with Crippen molar-refractivity contribution < 1.29 is 14.3 Å². The molecule has 5 nitrogen and oxygen atoms in total. The third kappa shape index (κ3) is 3.45. The molecule has 2 aliphatic rings. The second-order valence-electron chi connectivity index (χ2n) is 6.89. The van der Waals surface area contributed by atoms with Crippen LogP contribution in [-0.2, 0) is 9.59 Å². The SMILES string of the molecule is COc1ccc2c(c1)[C@@H](C(=O)N1CC=C(c3ccccc3)CC1)CC(=O)N2. The Hall–Kier alpha value is -3.08. The number of fused-ring (bicyclic) bond motifs is 1. The Morgan fingerprint density at radius 1 is 1.19 bits per heavy atom. The van der Waals surface area contributed by atoms with Gasteiger partial charge in [-0.1, -0.05) is 36.4 Å². The highest BCUT2D eigenvalue weighted by molar-refractivity contribution is 6.01. The number of carbonyl (C=O) groups is 2. The summed E-state index contributed by atoms with van der Waals surface area (Å²) >= 11 is 0. The van der Waals surface area contributed by atoms with E-state index in [2.05, 4.69) is 23.5 Å². The van der Waals surface area contributed by atoms with Crippen LogP contribution in [0.15, 0.2) is 54.6 Å². The van der Waals surface area contributed by atoms with Gasteiger partial charge in [0.25, 0.3) is 0 Å². The molecular weight excluding hydrogens is 340 g/mol. The molecule has 2 aliphatic heterocycles. The fraction of sp³-hybridized carbons (Fsp3) is 0.273. The summed E-state index contributed by atoms with van der Waals surface area (Å²) in [4.78, 5) is 27.1. The van der Waals surface area contributed by atoms with Crippen molar-refractivity contribution in [1.29, 1.82) is 0 Å². The van der Waals surface area contributed by atoms with Gasteiger partial charge in [-0.25, -0.2) is 0 Å². The predicted molar refractivity (Wildman–Crippen MR) is 105 cm³/mol. The minimum absolute atomic E-state index is 0.00251. The monoisotopic (exact) mass is 362 g/mol. The second kappa shape index (κ2) is 7.27. The highest BCUT2D eigenvalue weighted by atomic mass is 16.5. The van der Waals surface area contributed by atoms with Crippen molar-refractivity contribution in [3.8, 4) is 5.75 Å². The van der Waals surface area contributed by atoms with Crippen LogP contribution in [0.4, 0.5) is 5.69 Å². The molecule has 138 valence electrons. The summed E-state index contributed by atoms with van der Waals surface area (Å²) in [5, 5.41) is 2.85. The molecule has 2 aromatic carbocycles. The van der Waals surface area contributed by atoms with Crippen molar-refractivity contribution in [3.05, 3.63) is 65.7 Å². The molecule has 0 saturated heterocycles. The summed E-state index contributed by atoms with van der Waals surface area (Å²) in [5.41, 5.74) is 4.00. The number of methoxy groups -OCH3 is 1. The first-order chi connectivity index (χ1) is 13.2. The van der Waals surface area contributed by atoms with E-state index in [-0.39, 0.29) is 18.2 Å². The Morgan fingerprint density at radius 2 is 2.00 bits per heavy atom. The molecule has 0 aromatic heterocycles. The number of hydrogen-bond acceptors (Lipinski definition) is 3. The predicted octanol–water partition coefficient (Wildman–Crippen LogP) is 3.44. The Kier molecular flexibility index (Phi) is 4.67. The normalized spacial score (nSPS) is 19.0. The quantitative estimate of drug-likeness (QED) is 0.910. The van der Waals surface area contributed by atoms with Gasteiger partial charge in [-0.15, -0.1) is 0 Å². The third-order valence-electron chi connectivity index (χ3n) is 5.26. The molecule has 0 fully saturated rings. The molecule has 2 aromatic rings. The molecule has 0 saturated carbocycles. The lowest BCUT2D eigenvalue weighted by atomic mass is 9.88. The first-order valence-corrected chi connectivity index (χ1v) is 9.17. The number of rotatable bonds is 3. The second-order valence-corrected chi connectivity index (χ2v) is 6.89. The first-order valence-electron chi connectivity index (χ1n) is 9.17. The Labute approximate surface area is 158 Å². The van der Waals surface area contributed by atoms with Crippen LogP contribution in [0.5, 0.6) is 5.75 Å². The van der Waals surface area contributed by atoms with Crippen molar-refractivity contribution in [1.82, 2.24) is 4.90 Å². The maximum absolute atomic E-state index is 13.2. The fourth-order valence-corrected chi connectivity index (χ4v) is 3.79. The number of nitrogens with one attached hydrogen (secondary N) is 1. The topological polar surface area (TPSA) is 58.6 Å². The Bertz CT molecular complexity index is 905. The number of amides is 2. The fourth-order valence-electron chi connectivity index (χ4n) is 3.79. The lowest BCUT2D eigenvalue weighted by Crippen LogP contribution is -2.40. The number of nitrogens with zero attached hydrogens (tertiary/aromatic N) is 1. The van der Waals surface area contributed by atoms with Crippen molar-refractivity contribution in [3.63, 3.8) is 0 Å². The maximum atomic E-state index is 13.2. The maximum Gasteiger partial charge on any atom is 0.231 e. The van der Waals surface area contributed by atoms with Gasteiger partial charge in [0.05, 0.1) is 13.0 Å². The molecule has 1 atom stereocenters. The number of anilines is 1. The lowest BCUT2D eigenvalue weighted by Gasteiger charge is -2.32. The molecule has 0 spiro atoms. The van der Waals surface area contributed by atoms with Gasteiger partial charge in [0.15, 0.2) is 0 Å². The molecule has 0 aliphatic carbocycles. The number of carbonyl (C=O) groups excluding carboxylic acids is 2. The largest absolute Gasteiger partial charge is 0.497 e. The van der Waals surface area contributed by atoms with Crippen LogP contribution in [0.25, 0.3) is 5.57 Å². The number of benzene rings is 2. The van der Waals surface area contributed by atoms with Crippen LogP contribution >= 0.6 is 0 Å². The zero-order valence-corrected chi connectivity index (χ0v) is 15.3. The minimum atomic E-state index is -0.462. The summed E-state index contributed by atoms with van der Waals surface area (Å²) in [5.74, 6) is 0.106. The highest BCUT2D eigenvalue weighted by Gasteiger charge is 2.34. The summed E-state index contributed by atoms with van der Waals surface area (Å²) in [7, 11) is 1.60. The zero-order valence-electron chi connectivity index (χ0n) is 15.3. The van der Waals surface area contributed by atoms with Gasteiger partial charge in [-0.2, -0.15) is 0 Å². The van der Waals surface area contributed by atoms with E-state index in [1.807, 2.05) is 29.2 Å². The van der Waals surface area contributed by atoms with Gasteiger partial charge in [0.1, 0.15) is 5.75 Å². The smallest absolute Gasteiger partial charge is 0.231 e. The van der Waals surface area contributed by atoms with E-state index >= 15 is 0 Å². The van der Waals surface area contributed by atoms with Crippen LogP contribution < -0.4 is 10.1 Å². The van der Waals surface area contributed by atoms with E-state index < -0.39 is 5.92 Å². The van der Waals surface area contributed by atoms with Crippen LogP contribution in [-0.4, -0.2) is 36.9 Å². The van der Waals surface area contributed by atoms with Gasteiger partial charge in [-0.05, 0) is 41.3 Å². The van der Waals surface area contributed by atoms with E-state index in [4.69, 9.17) is 4.74 Å². The van der Waals surface area contributed by atoms with Crippen molar-refractivity contribution >= 4 is 23.1 Å². The molecule has 4 rings (SSSR count). The minimum Gasteiger partial charge on any atom is -0.497 e. The van der Waals surface area contributed by atoms with E-state index in [9.17, 15) is 9.59 Å². The molecule has 2 heterocycles. The number of ether oxygens (including phenoxy) is 1. The molecule has 1 N–H and O–H groups in total. The molecule has 0 radical (unpaired) electrons. The van der Waals surface area contributed by atoms with Crippen molar-refractivity contribution in [2.24, 2.45) is 0 Å². The van der Waals surface area contributed by atoms with E-state index in [1.54, 1.807) is 19.2 Å². The van der Waals surface area contributed by atoms with Gasteiger partial charge in [-0.3, -0.25) is 9.59 Å². The third-order valence-corrected chi connectivity index (χ3v) is 5.26. The summed E-state index contributed by atoms with van der Waals surface area (Å²) in [6.07, 6.45) is 3.11. The Balaban J connectivity index is 1.56. The molecule has 0 bridgehead atoms. The average molecular weight is 362 g/mol. The van der Waals surface area contributed by atoms with Gasteiger partial charge in [0, 0.05) is 25.2 Å². The van der Waals surface area contributed by atoms with E-state index in [0.717, 1.165) is 12.0 Å². The summed E-state index contributed by atoms with van der Waals surface area (Å²) < 4.78 is 5.30. The molecule has 2 amide bonds. The zero-order chi connectivity index (χ0) is 18.8. The van der Waals surface area contributed by atoms with E-state index in [0.29, 0.717) is 24.5 Å². The van der Waals surface area contributed by atoms with Crippen LogP contribution in [0.3, 0.4) is 0 Å². The lowest BCUT2D eigenvalue weighted by molar-refractivity contribution is -0.134. The van der Waals surface area contributed by atoms with Gasteiger partial charge < -0.3 is 15.0 Å². The molecule has 27 heavy (non-hydrogen) atoms. The van der Waals surface area contributed by atoms with Crippen molar-refractivity contribution in [2.45, 2.75) is 18.8 Å². The summed E-state index contributed by atoms with van der Waals surface area (Å²) in [6.45, 7) is 1.23. The van der Waals surface area contributed by atoms with Gasteiger partial charge in [0.2, 0.25) is 11.8 Å².